The van der Waals surface area contributed by atoms with Crippen molar-refractivity contribution in [3.05, 3.63) is 84.4 Å². The largest absolute Gasteiger partial charge is 0.490 e. The first-order valence-corrected chi connectivity index (χ1v) is 7.81. The molecule has 0 aliphatic carbocycles. The van der Waals surface area contributed by atoms with E-state index >= 15 is 0 Å². The van der Waals surface area contributed by atoms with Crippen LogP contribution < -0.4 is 9.47 Å². The number of hydrogen-bond donors (Lipinski definition) is 0. The fourth-order valence-corrected chi connectivity index (χ4v) is 2.34. The molecule has 0 radical (unpaired) electrons. The molecule has 0 unspecified atom stereocenters. The third-order valence-corrected chi connectivity index (χ3v) is 3.60. The van der Waals surface area contributed by atoms with Crippen LogP contribution in [0.1, 0.15) is 10.4 Å². The van der Waals surface area contributed by atoms with Gasteiger partial charge >= 0.3 is 0 Å². The van der Waals surface area contributed by atoms with Crippen molar-refractivity contribution in [1.82, 2.24) is 0 Å². The molecule has 0 atom stereocenters. The summed E-state index contributed by atoms with van der Waals surface area (Å²) in [5, 5.41) is 0. The summed E-state index contributed by atoms with van der Waals surface area (Å²) < 4.78 is 11.3. The van der Waals surface area contributed by atoms with E-state index in [1.807, 2.05) is 42.5 Å². The standard InChI is InChI=1S/C21H18O3/c22-16-17-6-10-20(11-7-17)23-14-15-24-21-12-8-19(9-13-21)18-4-2-1-3-5-18/h1-13,16H,14-15H2. The summed E-state index contributed by atoms with van der Waals surface area (Å²) in [6.07, 6.45) is 0.812. The van der Waals surface area contributed by atoms with Crippen molar-refractivity contribution in [3.8, 4) is 22.6 Å². The molecule has 0 bridgehead atoms. The van der Waals surface area contributed by atoms with E-state index in [1.165, 1.54) is 5.56 Å². The highest BCUT2D eigenvalue weighted by atomic mass is 16.5. The third-order valence-electron chi connectivity index (χ3n) is 3.60. The van der Waals surface area contributed by atoms with Crippen molar-refractivity contribution < 1.29 is 14.3 Å². The van der Waals surface area contributed by atoms with Crippen molar-refractivity contribution >= 4 is 6.29 Å². The lowest BCUT2D eigenvalue weighted by Crippen LogP contribution is -2.08. The summed E-state index contributed by atoms with van der Waals surface area (Å²) >= 11 is 0. The molecule has 0 aromatic heterocycles. The summed E-state index contributed by atoms with van der Waals surface area (Å²) in [6, 6.07) is 25.2. The maximum Gasteiger partial charge on any atom is 0.150 e. The summed E-state index contributed by atoms with van der Waals surface area (Å²) in [6.45, 7) is 0.904. The highest BCUT2D eigenvalue weighted by molar-refractivity contribution is 5.74. The molecule has 0 aliphatic rings. The van der Waals surface area contributed by atoms with E-state index in [2.05, 4.69) is 12.1 Å². The smallest absolute Gasteiger partial charge is 0.150 e. The third kappa shape index (κ3) is 4.23. The zero-order valence-electron chi connectivity index (χ0n) is 13.2. The van der Waals surface area contributed by atoms with E-state index in [9.17, 15) is 4.79 Å². The first-order valence-electron chi connectivity index (χ1n) is 7.81. The van der Waals surface area contributed by atoms with Gasteiger partial charge in [-0.2, -0.15) is 0 Å². The number of aldehydes is 1. The number of ether oxygens (including phenoxy) is 2. The summed E-state index contributed by atoms with van der Waals surface area (Å²) in [4.78, 5) is 10.6. The zero-order chi connectivity index (χ0) is 16.6. The van der Waals surface area contributed by atoms with Crippen molar-refractivity contribution in [1.29, 1.82) is 0 Å². The van der Waals surface area contributed by atoms with Crippen molar-refractivity contribution in [3.63, 3.8) is 0 Å². The molecule has 3 nitrogen and oxygen atoms in total. The molecule has 0 fully saturated rings. The first kappa shape index (κ1) is 15.8. The SMILES string of the molecule is O=Cc1ccc(OCCOc2ccc(-c3ccccc3)cc2)cc1. The van der Waals surface area contributed by atoms with Crippen LogP contribution in [0, 0.1) is 0 Å². The monoisotopic (exact) mass is 318 g/mol. The van der Waals surface area contributed by atoms with Crippen molar-refractivity contribution in [2.75, 3.05) is 13.2 Å². The number of benzene rings is 3. The average Bonchev–Trinajstić information content (AvgIpc) is 2.67. The van der Waals surface area contributed by atoms with Gasteiger partial charge in [-0.3, -0.25) is 4.79 Å². The molecule has 3 aromatic carbocycles. The quantitative estimate of drug-likeness (QED) is 0.471. The van der Waals surface area contributed by atoms with Crippen LogP contribution in [0.25, 0.3) is 11.1 Å². The van der Waals surface area contributed by atoms with Gasteiger partial charge in [-0.1, -0.05) is 42.5 Å². The van der Waals surface area contributed by atoms with Gasteiger partial charge < -0.3 is 9.47 Å². The van der Waals surface area contributed by atoms with Gasteiger partial charge in [0.1, 0.15) is 31.0 Å². The summed E-state index contributed by atoms with van der Waals surface area (Å²) in [7, 11) is 0. The van der Waals surface area contributed by atoms with Gasteiger partial charge in [0.2, 0.25) is 0 Å². The van der Waals surface area contributed by atoms with Gasteiger partial charge in [-0.25, -0.2) is 0 Å². The summed E-state index contributed by atoms with van der Waals surface area (Å²) in [5.74, 6) is 1.54. The zero-order valence-corrected chi connectivity index (χ0v) is 13.2. The van der Waals surface area contributed by atoms with Gasteiger partial charge in [0, 0.05) is 5.56 Å². The van der Waals surface area contributed by atoms with Crippen LogP contribution in [-0.4, -0.2) is 19.5 Å². The molecule has 0 amide bonds. The predicted octanol–water partition coefficient (Wildman–Crippen LogP) is 4.62. The highest BCUT2D eigenvalue weighted by Gasteiger charge is 1.99. The number of rotatable bonds is 7. The molecule has 3 aromatic rings. The second kappa shape index (κ2) is 7.97. The Morgan fingerprint density at radius 1 is 0.625 bits per heavy atom. The molecule has 3 rings (SSSR count). The Morgan fingerprint density at radius 3 is 1.67 bits per heavy atom. The van der Waals surface area contributed by atoms with Crippen LogP contribution in [0.5, 0.6) is 11.5 Å². The predicted molar refractivity (Wildman–Crippen MR) is 94.7 cm³/mol. The van der Waals surface area contributed by atoms with Gasteiger partial charge in [0.15, 0.2) is 0 Å². The Balaban J connectivity index is 1.47. The first-order chi connectivity index (χ1) is 11.8. The number of carbonyl (C=O) groups is 1. The molecule has 0 spiro atoms. The molecular formula is C21H18O3. The molecule has 0 aliphatic heterocycles. The molecule has 24 heavy (non-hydrogen) atoms. The second-order valence-corrected chi connectivity index (χ2v) is 5.27. The minimum absolute atomic E-state index is 0.445. The molecule has 0 saturated heterocycles. The molecule has 0 N–H and O–H groups in total. The highest BCUT2D eigenvalue weighted by Crippen LogP contribution is 2.22. The molecule has 0 saturated carbocycles. The maximum absolute atomic E-state index is 10.6. The summed E-state index contributed by atoms with van der Waals surface area (Å²) in [5.41, 5.74) is 2.98. The van der Waals surface area contributed by atoms with E-state index in [-0.39, 0.29) is 0 Å². The van der Waals surface area contributed by atoms with E-state index in [4.69, 9.17) is 9.47 Å². The average molecular weight is 318 g/mol. The Morgan fingerprint density at radius 2 is 1.12 bits per heavy atom. The minimum atomic E-state index is 0.445. The minimum Gasteiger partial charge on any atom is -0.490 e. The lowest BCUT2D eigenvalue weighted by atomic mass is 10.1. The van der Waals surface area contributed by atoms with Gasteiger partial charge in [-0.05, 0) is 47.5 Å². The van der Waals surface area contributed by atoms with Crippen LogP contribution in [0.2, 0.25) is 0 Å². The van der Waals surface area contributed by atoms with E-state index in [0.29, 0.717) is 18.8 Å². The van der Waals surface area contributed by atoms with Crippen LogP contribution in [0.4, 0.5) is 0 Å². The van der Waals surface area contributed by atoms with E-state index < -0.39 is 0 Å². The fourth-order valence-electron chi connectivity index (χ4n) is 2.34. The Hall–Kier alpha value is -3.07. The van der Waals surface area contributed by atoms with E-state index in [1.54, 1.807) is 24.3 Å². The van der Waals surface area contributed by atoms with Gasteiger partial charge in [0.25, 0.3) is 0 Å². The molecule has 0 heterocycles. The van der Waals surface area contributed by atoms with E-state index in [0.717, 1.165) is 23.3 Å². The van der Waals surface area contributed by atoms with Crippen molar-refractivity contribution in [2.45, 2.75) is 0 Å². The van der Waals surface area contributed by atoms with Gasteiger partial charge in [0.05, 0.1) is 0 Å². The Labute approximate surface area is 141 Å². The maximum atomic E-state index is 10.6. The topological polar surface area (TPSA) is 35.5 Å². The number of hydrogen-bond acceptors (Lipinski definition) is 3. The normalized spacial score (nSPS) is 10.2. The number of carbonyl (C=O) groups excluding carboxylic acids is 1. The molecule has 3 heteroatoms. The second-order valence-electron chi connectivity index (χ2n) is 5.27. The molecular weight excluding hydrogens is 300 g/mol. The van der Waals surface area contributed by atoms with Crippen LogP contribution in [-0.2, 0) is 0 Å². The van der Waals surface area contributed by atoms with Crippen LogP contribution in [0.15, 0.2) is 78.9 Å². The fraction of sp³-hybridized carbons (Fsp3) is 0.0952. The lowest BCUT2D eigenvalue weighted by molar-refractivity contribution is 0.112. The van der Waals surface area contributed by atoms with Gasteiger partial charge in [-0.15, -0.1) is 0 Å². The Kier molecular flexibility index (Phi) is 5.25. The van der Waals surface area contributed by atoms with Crippen LogP contribution >= 0.6 is 0 Å². The lowest BCUT2D eigenvalue weighted by Gasteiger charge is -2.09. The van der Waals surface area contributed by atoms with Crippen LogP contribution in [0.3, 0.4) is 0 Å². The Bertz CT molecular complexity index is 762. The molecule has 120 valence electrons. The van der Waals surface area contributed by atoms with Crippen molar-refractivity contribution in [2.24, 2.45) is 0 Å².